The van der Waals surface area contributed by atoms with E-state index in [0.29, 0.717) is 12.8 Å². The second kappa shape index (κ2) is 19.1. The van der Waals surface area contributed by atoms with Gasteiger partial charge in [0.1, 0.15) is 0 Å². The molecule has 0 aromatic carbocycles. The van der Waals surface area contributed by atoms with Gasteiger partial charge in [-0.1, -0.05) is 74.8 Å². The highest BCUT2D eigenvalue weighted by molar-refractivity contribution is 6.70. The van der Waals surface area contributed by atoms with E-state index in [2.05, 4.69) is 90.2 Å². The van der Waals surface area contributed by atoms with Crippen LogP contribution < -0.4 is 0 Å². The van der Waals surface area contributed by atoms with Gasteiger partial charge in [0.25, 0.3) is 0 Å². The molecule has 0 aliphatic rings. The fourth-order valence-corrected chi connectivity index (χ4v) is 7.12. The van der Waals surface area contributed by atoms with Gasteiger partial charge in [-0.15, -0.1) is 0 Å². The Morgan fingerprint density at radius 3 is 1.68 bits per heavy atom. The molecule has 0 spiro atoms. The molecule has 0 N–H and O–H groups in total. The van der Waals surface area contributed by atoms with E-state index in [-0.39, 0.29) is 24.3 Å². The Morgan fingerprint density at radius 2 is 1.18 bits per heavy atom. The molecule has 0 aromatic heterocycles. The lowest BCUT2D eigenvalue weighted by atomic mass is 10.1. The maximum atomic E-state index is 11.6. The van der Waals surface area contributed by atoms with Crippen molar-refractivity contribution in [2.75, 3.05) is 7.11 Å². The lowest BCUT2D eigenvalue weighted by Crippen LogP contribution is -2.43. The second-order valence-electron chi connectivity index (χ2n) is 12.7. The van der Waals surface area contributed by atoms with Crippen molar-refractivity contribution in [3.63, 3.8) is 0 Å². The van der Waals surface area contributed by atoms with Crippen molar-refractivity contribution >= 4 is 30.9 Å². The second-order valence-corrected chi connectivity index (χ2v) is 26.1. The minimum Gasteiger partial charge on any atom is -0.469 e. The molecule has 3 atom stereocenters. The van der Waals surface area contributed by atoms with Gasteiger partial charge >= 0.3 is 5.97 Å². The highest BCUT2D eigenvalue weighted by Gasteiger charge is 2.30. The Bertz CT molecular complexity index is 755. The first-order valence-corrected chi connectivity index (χ1v) is 24.6. The number of esters is 1. The molecule has 0 aliphatic heterocycles. The Morgan fingerprint density at radius 1 is 0.658 bits per heavy atom. The van der Waals surface area contributed by atoms with Gasteiger partial charge in [-0.25, -0.2) is 0 Å². The molecular weight excluding hydrogens is 525 g/mol. The standard InChI is InChI=1S/C30H58O5Si3/c1-12-13-18-22-27(33-36(3,4)5)23-19-16-14-15-17-20-24-28(34-37(6,7)8)29(35-38(9,10)11)25-21-26-30(31)32-2/h14-17,19-20,23-24,27-29H,12-13,18,21-22,25-26H2,1-11H3/b16-14-,17-15+,23-19+,24-20+. The topological polar surface area (TPSA) is 54.0 Å². The molecule has 3 unspecified atom stereocenters. The minimum atomic E-state index is -1.82. The number of hydrogen-bond acceptors (Lipinski definition) is 5. The van der Waals surface area contributed by atoms with E-state index in [1.807, 2.05) is 24.3 Å². The first-order valence-electron chi connectivity index (χ1n) is 14.3. The summed E-state index contributed by atoms with van der Waals surface area (Å²) >= 11 is 0. The predicted octanol–water partition coefficient (Wildman–Crippen LogP) is 8.80. The van der Waals surface area contributed by atoms with Gasteiger partial charge in [0.2, 0.25) is 0 Å². The van der Waals surface area contributed by atoms with Crippen molar-refractivity contribution in [3.05, 3.63) is 48.6 Å². The van der Waals surface area contributed by atoms with Crippen LogP contribution >= 0.6 is 0 Å². The van der Waals surface area contributed by atoms with Crippen LogP contribution in [0.15, 0.2) is 48.6 Å². The van der Waals surface area contributed by atoms with Crippen molar-refractivity contribution in [1.82, 2.24) is 0 Å². The maximum absolute atomic E-state index is 11.6. The third-order valence-electron chi connectivity index (χ3n) is 5.24. The number of unbranched alkanes of at least 4 members (excludes halogenated alkanes) is 2. The molecule has 0 aliphatic carbocycles. The molecular formula is C30H58O5Si3. The quantitative estimate of drug-likeness (QED) is 0.0621. The number of hydrogen-bond donors (Lipinski definition) is 0. The zero-order chi connectivity index (χ0) is 29.2. The Hall–Kier alpha value is -1.04. The first kappa shape index (κ1) is 37.0. The van der Waals surface area contributed by atoms with Gasteiger partial charge in [0, 0.05) is 6.42 Å². The van der Waals surface area contributed by atoms with Gasteiger partial charge in [-0.3, -0.25) is 4.79 Å². The lowest BCUT2D eigenvalue weighted by molar-refractivity contribution is -0.140. The minimum absolute atomic E-state index is 0.0859. The molecule has 0 heterocycles. The molecule has 0 saturated carbocycles. The molecule has 0 aromatic rings. The number of carbonyl (C=O) groups excluding carboxylic acids is 1. The summed E-state index contributed by atoms with van der Waals surface area (Å²) in [6, 6.07) is 0. The van der Waals surface area contributed by atoms with Crippen molar-refractivity contribution in [2.45, 2.75) is 129 Å². The Balaban J connectivity index is 5.32. The van der Waals surface area contributed by atoms with Crippen molar-refractivity contribution in [2.24, 2.45) is 0 Å². The average molecular weight is 583 g/mol. The molecule has 38 heavy (non-hydrogen) atoms. The van der Waals surface area contributed by atoms with Crippen LogP contribution in [0.5, 0.6) is 0 Å². The zero-order valence-corrected chi connectivity index (χ0v) is 29.3. The van der Waals surface area contributed by atoms with Gasteiger partial charge < -0.3 is 18.0 Å². The van der Waals surface area contributed by atoms with Crippen LogP contribution in [-0.4, -0.2) is 56.3 Å². The molecule has 8 heteroatoms. The van der Waals surface area contributed by atoms with Crippen LogP contribution in [0, 0.1) is 0 Å². The Labute approximate surface area is 238 Å². The van der Waals surface area contributed by atoms with E-state index in [1.54, 1.807) is 0 Å². The Kier molecular flexibility index (Phi) is 18.6. The lowest BCUT2D eigenvalue weighted by Gasteiger charge is -2.35. The number of ether oxygens (including phenoxy) is 1. The summed E-state index contributed by atoms with van der Waals surface area (Å²) in [6.07, 6.45) is 23.2. The first-order chi connectivity index (χ1) is 17.6. The molecule has 0 radical (unpaired) electrons. The SMILES string of the molecule is CCCCCC(/C=C/C=C\C=C\C=C\C(O[Si](C)(C)C)C(CCCC(=O)OC)O[Si](C)(C)C)O[Si](C)(C)C. The molecule has 0 fully saturated rings. The van der Waals surface area contributed by atoms with Crippen LogP contribution in [0.1, 0.15) is 51.9 Å². The fraction of sp³-hybridized carbons (Fsp3) is 0.700. The van der Waals surface area contributed by atoms with Gasteiger partial charge in [-0.05, 0) is 78.2 Å². The largest absolute Gasteiger partial charge is 0.469 e. The number of methoxy groups -OCH3 is 1. The molecule has 0 rings (SSSR count). The molecule has 220 valence electrons. The summed E-state index contributed by atoms with van der Waals surface area (Å²) < 4.78 is 24.2. The summed E-state index contributed by atoms with van der Waals surface area (Å²) in [7, 11) is -3.77. The van der Waals surface area contributed by atoms with Crippen molar-refractivity contribution in [1.29, 1.82) is 0 Å². The van der Waals surface area contributed by atoms with E-state index < -0.39 is 25.0 Å². The van der Waals surface area contributed by atoms with E-state index >= 15 is 0 Å². The summed E-state index contributed by atoms with van der Waals surface area (Å²) in [5.74, 6) is -0.182. The highest BCUT2D eigenvalue weighted by atomic mass is 28.4. The third kappa shape index (κ3) is 22.9. The third-order valence-corrected chi connectivity index (χ3v) is 8.24. The summed E-state index contributed by atoms with van der Waals surface area (Å²) in [5.41, 5.74) is 0. The van der Waals surface area contributed by atoms with Gasteiger partial charge in [0.05, 0.1) is 25.4 Å². The molecule has 0 bridgehead atoms. The van der Waals surface area contributed by atoms with E-state index in [0.717, 1.165) is 12.8 Å². The summed E-state index contributed by atoms with van der Waals surface area (Å²) in [4.78, 5) is 11.6. The number of allylic oxidation sites excluding steroid dienone is 6. The predicted molar refractivity (Wildman–Crippen MR) is 171 cm³/mol. The fourth-order valence-electron chi connectivity index (χ4n) is 3.80. The smallest absolute Gasteiger partial charge is 0.305 e. The number of carbonyl (C=O) groups is 1. The van der Waals surface area contributed by atoms with E-state index in [1.165, 1.54) is 26.4 Å². The van der Waals surface area contributed by atoms with Crippen LogP contribution in [-0.2, 0) is 22.8 Å². The summed E-state index contributed by atoms with van der Waals surface area (Å²) in [5, 5.41) is 0. The summed E-state index contributed by atoms with van der Waals surface area (Å²) in [6.45, 7) is 22.1. The highest BCUT2D eigenvalue weighted by Crippen LogP contribution is 2.22. The van der Waals surface area contributed by atoms with Gasteiger partial charge in [-0.2, -0.15) is 0 Å². The van der Waals surface area contributed by atoms with Crippen LogP contribution in [0.4, 0.5) is 0 Å². The molecule has 5 nitrogen and oxygen atoms in total. The van der Waals surface area contributed by atoms with Gasteiger partial charge in [0.15, 0.2) is 25.0 Å². The van der Waals surface area contributed by atoms with Crippen molar-refractivity contribution in [3.8, 4) is 0 Å². The zero-order valence-electron chi connectivity index (χ0n) is 26.3. The molecule has 0 amide bonds. The molecule has 0 saturated heterocycles. The van der Waals surface area contributed by atoms with Crippen molar-refractivity contribution < 1.29 is 22.8 Å². The monoisotopic (exact) mass is 582 g/mol. The van der Waals surface area contributed by atoms with E-state index in [9.17, 15) is 4.79 Å². The van der Waals surface area contributed by atoms with Crippen LogP contribution in [0.3, 0.4) is 0 Å². The number of rotatable bonds is 20. The van der Waals surface area contributed by atoms with Crippen LogP contribution in [0.25, 0.3) is 0 Å². The maximum Gasteiger partial charge on any atom is 0.305 e. The average Bonchev–Trinajstić information content (AvgIpc) is 2.76. The van der Waals surface area contributed by atoms with Crippen LogP contribution in [0.2, 0.25) is 58.9 Å². The normalized spacial score (nSPS) is 16.2. The van der Waals surface area contributed by atoms with E-state index in [4.69, 9.17) is 18.0 Å².